The van der Waals surface area contributed by atoms with Crippen LogP contribution in [0.4, 0.5) is 5.69 Å². The molecule has 1 fully saturated rings. The number of hydrogen-bond donors (Lipinski definition) is 0. The van der Waals surface area contributed by atoms with Crippen LogP contribution in [0.5, 0.6) is 5.75 Å². The van der Waals surface area contributed by atoms with E-state index in [1.807, 2.05) is 31.2 Å². The van der Waals surface area contributed by atoms with Gasteiger partial charge in [-0.1, -0.05) is 42.5 Å². The number of ether oxygens (including phenoxy) is 1. The summed E-state index contributed by atoms with van der Waals surface area (Å²) < 4.78 is 5.57. The highest BCUT2D eigenvalue weighted by Gasteiger charge is 2.48. The van der Waals surface area contributed by atoms with Gasteiger partial charge in [0.15, 0.2) is 5.75 Å². The fraction of sp³-hybridized carbons (Fsp3) is 0.227. The Bertz CT molecular complexity index is 936. The summed E-state index contributed by atoms with van der Waals surface area (Å²) in [5.74, 6) is -1.43. The Balaban J connectivity index is 1.66. The highest BCUT2D eigenvalue weighted by molar-refractivity contribution is 6.23. The van der Waals surface area contributed by atoms with E-state index in [0.29, 0.717) is 24.1 Å². The highest BCUT2D eigenvalue weighted by Crippen LogP contribution is 2.40. The molecule has 0 N–H and O–H groups in total. The number of benzene rings is 2. The molecular formula is C22H19NO4. The van der Waals surface area contributed by atoms with Crippen LogP contribution in [0, 0.1) is 18.8 Å². The average molecular weight is 361 g/mol. The summed E-state index contributed by atoms with van der Waals surface area (Å²) in [5.41, 5.74) is 1.57. The summed E-state index contributed by atoms with van der Waals surface area (Å²) >= 11 is 0. The molecule has 0 bridgehead atoms. The Morgan fingerprint density at radius 1 is 0.926 bits per heavy atom. The Labute approximate surface area is 157 Å². The van der Waals surface area contributed by atoms with Crippen molar-refractivity contribution in [2.75, 3.05) is 4.90 Å². The van der Waals surface area contributed by atoms with Crippen LogP contribution in [0.2, 0.25) is 0 Å². The lowest BCUT2D eigenvalue weighted by molar-refractivity contribution is -0.122. The van der Waals surface area contributed by atoms with Crippen molar-refractivity contribution in [2.24, 2.45) is 11.8 Å². The number of imide groups is 1. The van der Waals surface area contributed by atoms with Gasteiger partial charge in [0, 0.05) is 0 Å². The molecule has 1 aliphatic heterocycles. The number of hydrogen-bond acceptors (Lipinski definition) is 4. The van der Waals surface area contributed by atoms with Crippen LogP contribution >= 0.6 is 0 Å². The summed E-state index contributed by atoms with van der Waals surface area (Å²) in [6.07, 6.45) is 5.02. The van der Waals surface area contributed by atoms with E-state index in [4.69, 9.17) is 4.74 Å². The Kier molecular flexibility index (Phi) is 4.36. The molecule has 0 aromatic heterocycles. The summed E-state index contributed by atoms with van der Waals surface area (Å²) in [6.45, 7) is 1.83. The molecule has 4 rings (SSSR count). The van der Waals surface area contributed by atoms with Gasteiger partial charge in [-0.15, -0.1) is 0 Å². The summed E-state index contributed by atoms with van der Waals surface area (Å²) in [6, 6.07) is 13.8. The standard InChI is InChI=1S/C22H19NO4/c1-14-8-2-3-9-15(14)22(26)27-19-13-7-6-12-18(19)23-20(24)16-10-4-5-11-17(16)21(23)25/h2-9,12-13,16-17H,10-11H2,1H3/t16-,17+. The van der Waals surface area contributed by atoms with E-state index in [-0.39, 0.29) is 29.4 Å². The number of anilines is 1. The zero-order valence-corrected chi connectivity index (χ0v) is 14.9. The summed E-state index contributed by atoms with van der Waals surface area (Å²) in [5, 5.41) is 0. The third-order valence-corrected chi connectivity index (χ3v) is 5.18. The number of fused-ring (bicyclic) bond motifs is 1. The Hall–Kier alpha value is -3.21. The third kappa shape index (κ3) is 2.95. The molecule has 1 aliphatic carbocycles. The monoisotopic (exact) mass is 361 g/mol. The van der Waals surface area contributed by atoms with E-state index < -0.39 is 5.97 Å². The number of carbonyl (C=O) groups is 3. The lowest BCUT2D eigenvalue weighted by Gasteiger charge is -2.18. The topological polar surface area (TPSA) is 63.7 Å². The zero-order valence-electron chi connectivity index (χ0n) is 14.9. The van der Waals surface area contributed by atoms with Crippen LogP contribution < -0.4 is 9.64 Å². The molecule has 136 valence electrons. The number of nitrogens with zero attached hydrogens (tertiary/aromatic N) is 1. The van der Waals surface area contributed by atoms with Gasteiger partial charge < -0.3 is 4.74 Å². The maximum absolute atomic E-state index is 12.8. The first kappa shape index (κ1) is 17.2. The Morgan fingerprint density at radius 2 is 1.52 bits per heavy atom. The van der Waals surface area contributed by atoms with Crippen LogP contribution in [0.1, 0.15) is 28.8 Å². The van der Waals surface area contributed by atoms with Gasteiger partial charge in [0.05, 0.1) is 23.1 Å². The molecule has 2 atom stereocenters. The van der Waals surface area contributed by atoms with Crippen molar-refractivity contribution in [3.8, 4) is 5.75 Å². The van der Waals surface area contributed by atoms with E-state index in [1.165, 1.54) is 4.90 Å². The van der Waals surface area contributed by atoms with E-state index >= 15 is 0 Å². The van der Waals surface area contributed by atoms with Crippen LogP contribution in [0.3, 0.4) is 0 Å². The maximum Gasteiger partial charge on any atom is 0.343 e. The van der Waals surface area contributed by atoms with Gasteiger partial charge in [0.1, 0.15) is 0 Å². The van der Waals surface area contributed by atoms with Crippen LogP contribution in [0.25, 0.3) is 0 Å². The molecule has 5 nitrogen and oxygen atoms in total. The van der Waals surface area contributed by atoms with E-state index in [9.17, 15) is 14.4 Å². The van der Waals surface area contributed by atoms with Crippen molar-refractivity contribution in [1.82, 2.24) is 0 Å². The third-order valence-electron chi connectivity index (χ3n) is 5.18. The smallest absolute Gasteiger partial charge is 0.343 e. The molecule has 0 unspecified atom stereocenters. The van der Waals surface area contributed by atoms with Crippen molar-refractivity contribution in [3.63, 3.8) is 0 Å². The van der Waals surface area contributed by atoms with Crippen molar-refractivity contribution in [1.29, 1.82) is 0 Å². The first-order valence-electron chi connectivity index (χ1n) is 8.97. The van der Waals surface area contributed by atoms with E-state index in [1.54, 1.807) is 36.4 Å². The molecule has 2 amide bonds. The molecule has 2 aliphatic rings. The van der Waals surface area contributed by atoms with E-state index in [0.717, 1.165) is 5.56 Å². The minimum Gasteiger partial charge on any atom is -0.421 e. The fourth-order valence-corrected chi connectivity index (χ4v) is 3.72. The van der Waals surface area contributed by atoms with Gasteiger partial charge in [-0.3, -0.25) is 9.59 Å². The van der Waals surface area contributed by atoms with Crippen LogP contribution in [0.15, 0.2) is 60.7 Å². The lowest BCUT2D eigenvalue weighted by atomic mass is 9.85. The van der Waals surface area contributed by atoms with E-state index in [2.05, 4.69) is 0 Å². The molecular weight excluding hydrogens is 342 g/mol. The first-order valence-corrected chi connectivity index (χ1v) is 8.97. The molecule has 0 radical (unpaired) electrons. The summed E-state index contributed by atoms with van der Waals surface area (Å²) in [4.78, 5) is 39.5. The maximum atomic E-state index is 12.8. The number of aryl methyl sites for hydroxylation is 1. The minimum atomic E-state index is -0.515. The number of para-hydroxylation sites is 2. The fourth-order valence-electron chi connectivity index (χ4n) is 3.72. The van der Waals surface area contributed by atoms with Gasteiger partial charge in [-0.05, 0) is 43.5 Å². The van der Waals surface area contributed by atoms with Gasteiger partial charge in [0.25, 0.3) is 0 Å². The van der Waals surface area contributed by atoms with Gasteiger partial charge >= 0.3 is 5.97 Å². The van der Waals surface area contributed by atoms with Gasteiger partial charge in [-0.25, -0.2) is 9.69 Å². The number of amides is 2. The molecule has 27 heavy (non-hydrogen) atoms. The van der Waals surface area contributed by atoms with Crippen LogP contribution in [-0.2, 0) is 9.59 Å². The first-order chi connectivity index (χ1) is 13.1. The SMILES string of the molecule is Cc1ccccc1C(=O)Oc1ccccc1N1C(=O)[C@H]2CC=CC[C@H]2C1=O. The number of rotatable bonds is 3. The molecule has 1 saturated heterocycles. The number of carbonyl (C=O) groups excluding carboxylic acids is 3. The largest absolute Gasteiger partial charge is 0.421 e. The molecule has 0 spiro atoms. The van der Waals surface area contributed by atoms with Gasteiger partial charge in [0.2, 0.25) is 11.8 Å². The second-order valence-corrected chi connectivity index (χ2v) is 6.84. The molecule has 2 aromatic rings. The van der Waals surface area contributed by atoms with Crippen molar-refractivity contribution < 1.29 is 19.1 Å². The normalized spacial score (nSPS) is 21.3. The van der Waals surface area contributed by atoms with Crippen molar-refractivity contribution in [2.45, 2.75) is 19.8 Å². The average Bonchev–Trinajstić information content (AvgIpc) is 2.94. The lowest BCUT2D eigenvalue weighted by Crippen LogP contribution is -2.31. The van der Waals surface area contributed by atoms with Crippen LogP contribution in [-0.4, -0.2) is 17.8 Å². The van der Waals surface area contributed by atoms with Crippen molar-refractivity contribution >= 4 is 23.5 Å². The second kappa shape index (κ2) is 6.83. The Morgan fingerprint density at radius 3 is 2.19 bits per heavy atom. The predicted molar refractivity (Wildman–Crippen MR) is 100 cm³/mol. The van der Waals surface area contributed by atoms with Crippen molar-refractivity contribution in [3.05, 3.63) is 71.8 Å². The molecule has 2 aromatic carbocycles. The minimum absolute atomic E-state index is 0.207. The second-order valence-electron chi connectivity index (χ2n) is 6.84. The quantitative estimate of drug-likeness (QED) is 0.362. The predicted octanol–water partition coefficient (Wildman–Crippen LogP) is 3.67. The molecule has 1 heterocycles. The highest BCUT2D eigenvalue weighted by atomic mass is 16.5. The number of allylic oxidation sites excluding steroid dienone is 2. The van der Waals surface area contributed by atoms with Gasteiger partial charge in [-0.2, -0.15) is 0 Å². The molecule has 0 saturated carbocycles. The zero-order chi connectivity index (χ0) is 19.0. The number of esters is 1. The molecule has 5 heteroatoms. The summed E-state index contributed by atoms with van der Waals surface area (Å²) in [7, 11) is 0.